The number of ether oxygens (including phenoxy) is 1. The van der Waals surface area contributed by atoms with Crippen molar-refractivity contribution in [2.45, 2.75) is 24.3 Å². The van der Waals surface area contributed by atoms with Crippen LogP contribution in [0.25, 0.3) is 11.1 Å². The monoisotopic (exact) mass is 322 g/mol. The first-order valence-corrected chi connectivity index (χ1v) is 7.77. The molecule has 2 rings (SSSR count). The van der Waals surface area contributed by atoms with Gasteiger partial charge in [-0.25, -0.2) is 9.97 Å². The van der Waals surface area contributed by atoms with Crippen molar-refractivity contribution in [2.24, 2.45) is 0 Å². The molecule has 0 aliphatic heterocycles. The summed E-state index contributed by atoms with van der Waals surface area (Å²) >= 11 is 7.24. The second kappa shape index (κ2) is 7.43. The normalized spacial score (nSPS) is 12.0. The number of esters is 1. The van der Waals surface area contributed by atoms with Gasteiger partial charge in [0.25, 0.3) is 0 Å². The quantitative estimate of drug-likeness (QED) is 0.475. The second-order valence-electron chi connectivity index (χ2n) is 4.28. The molecule has 0 radical (unpaired) electrons. The highest BCUT2D eigenvalue weighted by atomic mass is 35.5. The minimum Gasteiger partial charge on any atom is -0.465 e. The Bertz CT molecular complexity index is 619. The first kappa shape index (κ1) is 15.8. The summed E-state index contributed by atoms with van der Waals surface area (Å²) in [4.78, 5) is 20.1. The van der Waals surface area contributed by atoms with Gasteiger partial charge in [0.2, 0.25) is 0 Å². The molecular weight excluding hydrogens is 308 g/mol. The van der Waals surface area contributed by atoms with E-state index in [1.54, 1.807) is 26.2 Å². The highest BCUT2D eigenvalue weighted by Crippen LogP contribution is 2.24. The summed E-state index contributed by atoms with van der Waals surface area (Å²) < 4.78 is 4.95. The Kier molecular flexibility index (Phi) is 5.59. The fraction of sp³-hybridized carbons (Fsp3) is 0.267. The Morgan fingerprint density at radius 3 is 2.67 bits per heavy atom. The Morgan fingerprint density at radius 2 is 2.05 bits per heavy atom. The molecule has 0 aliphatic rings. The first-order chi connectivity index (χ1) is 10.1. The standard InChI is InChI=1S/C15H15ClN2O2S/c1-3-20-14(19)10(2)21-15-17-8-12(9-18-15)11-5-4-6-13(16)7-11/h4-10H,3H2,1-2H3. The number of carbonyl (C=O) groups is 1. The molecule has 0 amide bonds. The molecule has 2 aromatic rings. The minimum absolute atomic E-state index is 0.259. The molecule has 21 heavy (non-hydrogen) atoms. The zero-order chi connectivity index (χ0) is 15.2. The topological polar surface area (TPSA) is 52.1 Å². The number of carbonyl (C=O) groups excluding carboxylic acids is 1. The highest BCUT2D eigenvalue weighted by Gasteiger charge is 2.16. The maximum Gasteiger partial charge on any atom is 0.319 e. The molecule has 1 unspecified atom stereocenters. The summed E-state index contributed by atoms with van der Waals surface area (Å²) in [5, 5.41) is 0.880. The number of nitrogens with zero attached hydrogens (tertiary/aromatic N) is 2. The molecule has 1 heterocycles. The van der Waals surface area contributed by atoms with Crippen molar-refractivity contribution in [1.29, 1.82) is 0 Å². The van der Waals surface area contributed by atoms with Crippen LogP contribution in [0.1, 0.15) is 13.8 Å². The lowest BCUT2D eigenvalue weighted by Crippen LogP contribution is -2.17. The number of benzene rings is 1. The summed E-state index contributed by atoms with van der Waals surface area (Å²) in [5.74, 6) is -0.259. The Balaban J connectivity index is 2.07. The molecule has 0 saturated carbocycles. The molecule has 0 aliphatic carbocycles. The summed E-state index contributed by atoms with van der Waals surface area (Å²) in [6.07, 6.45) is 3.44. The minimum atomic E-state index is -0.332. The predicted molar refractivity (Wildman–Crippen MR) is 84.4 cm³/mol. The van der Waals surface area contributed by atoms with Gasteiger partial charge in [0, 0.05) is 23.0 Å². The SMILES string of the molecule is CCOC(=O)C(C)Sc1ncc(-c2cccc(Cl)c2)cn1. The van der Waals surface area contributed by atoms with Gasteiger partial charge >= 0.3 is 5.97 Å². The molecule has 0 fully saturated rings. The third-order valence-electron chi connectivity index (χ3n) is 2.69. The van der Waals surface area contributed by atoms with E-state index in [2.05, 4.69) is 9.97 Å². The van der Waals surface area contributed by atoms with Crippen LogP contribution >= 0.6 is 23.4 Å². The number of aromatic nitrogens is 2. The first-order valence-electron chi connectivity index (χ1n) is 6.51. The fourth-order valence-electron chi connectivity index (χ4n) is 1.66. The zero-order valence-corrected chi connectivity index (χ0v) is 13.3. The van der Waals surface area contributed by atoms with E-state index in [4.69, 9.17) is 16.3 Å². The van der Waals surface area contributed by atoms with Crippen LogP contribution in [0, 0.1) is 0 Å². The lowest BCUT2D eigenvalue weighted by Gasteiger charge is -2.09. The smallest absolute Gasteiger partial charge is 0.319 e. The van der Waals surface area contributed by atoms with Crippen LogP contribution in [-0.4, -0.2) is 27.8 Å². The van der Waals surface area contributed by atoms with E-state index in [0.717, 1.165) is 11.1 Å². The van der Waals surface area contributed by atoms with Gasteiger partial charge in [-0.2, -0.15) is 0 Å². The maximum absolute atomic E-state index is 11.6. The lowest BCUT2D eigenvalue weighted by atomic mass is 10.1. The number of rotatable bonds is 5. The van der Waals surface area contributed by atoms with Crippen molar-refractivity contribution in [1.82, 2.24) is 9.97 Å². The molecule has 1 aromatic heterocycles. The van der Waals surface area contributed by atoms with Crippen molar-refractivity contribution in [3.05, 3.63) is 41.7 Å². The van der Waals surface area contributed by atoms with Gasteiger partial charge < -0.3 is 4.74 Å². The van der Waals surface area contributed by atoms with Crippen LogP contribution in [0.15, 0.2) is 41.8 Å². The van der Waals surface area contributed by atoms with Gasteiger partial charge in [0.1, 0.15) is 5.25 Å². The number of halogens is 1. The molecule has 0 bridgehead atoms. The number of hydrogen-bond donors (Lipinski definition) is 0. The Labute approximate surface area is 132 Å². The van der Waals surface area contributed by atoms with Crippen LogP contribution in [-0.2, 0) is 9.53 Å². The molecule has 0 saturated heterocycles. The Morgan fingerprint density at radius 1 is 1.33 bits per heavy atom. The zero-order valence-electron chi connectivity index (χ0n) is 11.7. The van der Waals surface area contributed by atoms with Gasteiger partial charge in [-0.15, -0.1) is 0 Å². The average molecular weight is 323 g/mol. The predicted octanol–water partition coefficient (Wildman–Crippen LogP) is 3.84. The molecule has 1 aromatic carbocycles. The largest absolute Gasteiger partial charge is 0.465 e. The van der Waals surface area contributed by atoms with Gasteiger partial charge in [0.05, 0.1) is 6.61 Å². The molecule has 0 spiro atoms. The van der Waals surface area contributed by atoms with Crippen molar-refractivity contribution < 1.29 is 9.53 Å². The van der Waals surface area contributed by atoms with E-state index >= 15 is 0 Å². The van der Waals surface area contributed by atoms with E-state index in [1.165, 1.54) is 11.8 Å². The number of thioether (sulfide) groups is 1. The van der Waals surface area contributed by atoms with Gasteiger partial charge in [-0.05, 0) is 31.5 Å². The van der Waals surface area contributed by atoms with E-state index in [0.29, 0.717) is 16.8 Å². The van der Waals surface area contributed by atoms with Crippen LogP contribution in [0.2, 0.25) is 5.02 Å². The summed E-state index contributed by atoms with van der Waals surface area (Å²) in [5.41, 5.74) is 1.84. The third-order valence-corrected chi connectivity index (χ3v) is 3.89. The van der Waals surface area contributed by atoms with Crippen LogP contribution in [0.3, 0.4) is 0 Å². The summed E-state index contributed by atoms with van der Waals surface area (Å²) in [7, 11) is 0. The van der Waals surface area contributed by atoms with Gasteiger partial charge in [-0.1, -0.05) is 35.5 Å². The molecule has 110 valence electrons. The van der Waals surface area contributed by atoms with Gasteiger partial charge in [0.15, 0.2) is 5.16 Å². The van der Waals surface area contributed by atoms with Crippen LogP contribution < -0.4 is 0 Å². The van der Waals surface area contributed by atoms with Crippen molar-refractivity contribution >= 4 is 29.3 Å². The van der Waals surface area contributed by atoms with Gasteiger partial charge in [-0.3, -0.25) is 4.79 Å². The highest BCUT2D eigenvalue weighted by molar-refractivity contribution is 8.00. The van der Waals surface area contributed by atoms with Crippen LogP contribution in [0.4, 0.5) is 0 Å². The molecule has 6 heteroatoms. The fourth-order valence-corrected chi connectivity index (χ4v) is 2.56. The van der Waals surface area contributed by atoms with Crippen LogP contribution in [0.5, 0.6) is 0 Å². The molecule has 4 nitrogen and oxygen atoms in total. The van der Waals surface area contributed by atoms with E-state index in [9.17, 15) is 4.79 Å². The Hall–Kier alpha value is -1.59. The number of hydrogen-bond acceptors (Lipinski definition) is 5. The molecule has 0 N–H and O–H groups in total. The van der Waals surface area contributed by atoms with E-state index in [-0.39, 0.29) is 11.2 Å². The van der Waals surface area contributed by atoms with E-state index < -0.39 is 0 Å². The second-order valence-corrected chi connectivity index (χ2v) is 6.02. The summed E-state index contributed by atoms with van der Waals surface area (Å²) in [6, 6.07) is 7.49. The maximum atomic E-state index is 11.6. The average Bonchev–Trinajstić information content (AvgIpc) is 2.48. The lowest BCUT2D eigenvalue weighted by molar-refractivity contribution is -0.142. The molecular formula is C15H15ClN2O2S. The molecule has 1 atom stereocenters. The van der Waals surface area contributed by atoms with Crippen molar-refractivity contribution in [3.8, 4) is 11.1 Å². The third kappa shape index (κ3) is 4.44. The van der Waals surface area contributed by atoms with Crippen molar-refractivity contribution in [3.63, 3.8) is 0 Å². The van der Waals surface area contributed by atoms with Crippen molar-refractivity contribution in [2.75, 3.05) is 6.61 Å². The van der Waals surface area contributed by atoms with E-state index in [1.807, 2.05) is 24.3 Å². The summed E-state index contributed by atoms with van der Waals surface area (Å²) in [6.45, 7) is 3.93.